The summed E-state index contributed by atoms with van der Waals surface area (Å²) < 4.78 is 0. The molecule has 0 saturated carbocycles. The number of rotatable bonds is 3. The second kappa shape index (κ2) is 5.68. The maximum atomic E-state index is 6.13. The highest BCUT2D eigenvalue weighted by atomic mass is 15.3. The van der Waals surface area contributed by atoms with Crippen LogP contribution in [0.4, 0.5) is 0 Å². The molecule has 17 heavy (non-hydrogen) atoms. The van der Waals surface area contributed by atoms with Gasteiger partial charge in [0.2, 0.25) is 0 Å². The Kier molecular flexibility index (Phi) is 4.45. The van der Waals surface area contributed by atoms with Crippen LogP contribution in [-0.4, -0.2) is 55.1 Å². The average Bonchev–Trinajstić information content (AvgIpc) is 2.38. The first kappa shape index (κ1) is 13.3. The molecule has 0 bridgehead atoms. The van der Waals surface area contributed by atoms with Gasteiger partial charge in [0.25, 0.3) is 0 Å². The molecule has 2 aliphatic rings. The Bertz CT molecular complexity index is 236. The molecule has 3 heteroatoms. The summed E-state index contributed by atoms with van der Waals surface area (Å²) in [4.78, 5) is 5.16. The highest BCUT2D eigenvalue weighted by molar-refractivity contribution is 4.98. The number of nitrogens with two attached hydrogens (primary N) is 1. The van der Waals surface area contributed by atoms with Gasteiger partial charge in [-0.3, -0.25) is 4.90 Å². The lowest BCUT2D eigenvalue weighted by Crippen LogP contribution is -2.63. The van der Waals surface area contributed by atoms with Gasteiger partial charge in [0.1, 0.15) is 0 Å². The third-order valence-corrected chi connectivity index (χ3v) is 4.99. The summed E-state index contributed by atoms with van der Waals surface area (Å²) in [5.41, 5.74) is 6.41. The van der Waals surface area contributed by atoms with Gasteiger partial charge in [0, 0.05) is 18.6 Å². The molecule has 2 aliphatic heterocycles. The first-order chi connectivity index (χ1) is 8.20. The molecule has 0 aromatic heterocycles. The number of likely N-dealkylation sites (tertiary alicyclic amines) is 2. The number of nitrogens with zero attached hydrogens (tertiary/aromatic N) is 2. The molecule has 100 valence electrons. The van der Waals surface area contributed by atoms with E-state index in [9.17, 15) is 0 Å². The van der Waals surface area contributed by atoms with Gasteiger partial charge in [-0.15, -0.1) is 0 Å². The molecular formula is C14H29N3. The molecule has 0 radical (unpaired) electrons. The van der Waals surface area contributed by atoms with Crippen molar-refractivity contribution in [2.24, 2.45) is 11.7 Å². The first-order valence-corrected chi connectivity index (χ1v) is 7.34. The molecule has 2 saturated heterocycles. The summed E-state index contributed by atoms with van der Waals surface area (Å²) in [7, 11) is 2.24. The summed E-state index contributed by atoms with van der Waals surface area (Å²) in [6.07, 6.45) is 6.71. The van der Waals surface area contributed by atoms with Crippen molar-refractivity contribution in [2.75, 3.05) is 39.8 Å². The van der Waals surface area contributed by atoms with Gasteiger partial charge in [-0.05, 0) is 58.3 Å². The fourth-order valence-corrected chi connectivity index (χ4v) is 3.71. The molecule has 3 nitrogen and oxygen atoms in total. The molecule has 0 aromatic carbocycles. The Morgan fingerprint density at radius 1 is 1.24 bits per heavy atom. The van der Waals surface area contributed by atoms with Crippen LogP contribution in [0.5, 0.6) is 0 Å². The molecule has 0 aliphatic carbocycles. The lowest BCUT2D eigenvalue weighted by atomic mass is 9.83. The molecule has 1 atom stereocenters. The van der Waals surface area contributed by atoms with Crippen LogP contribution in [0, 0.1) is 5.92 Å². The van der Waals surface area contributed by atoms with Crippen LogP contribution >= 0.6 is 0 Å². The third kappa shape index (κ3) is 2.83. The summed E-state index contributed by atoms with van der Waals surface area (Å²) in [6.45, 7) is 8.10. The van der Waals surface area contributed by atoms with Crippen LogP contribution in [0.15, 0.2) is 0 Å². The standard InChI is InChI=1S/C14H29N3/c1-3-13-5-9-17(10-6-13)14(11-15)7-4-8-16(2)12-14/h13H,3-12,15H2,1-2H3. The van der Waals surface area contributed by atoms with E-state index < -0.39 is 0 Å². The summed E-state index contributed by atoms with van der Waals surface area (Å²) in [5, 5.41) is 0. The topological polar surface area (TPSA) is 32.5 Å². The van der Waals surface area contributed by atoms with E-state index in [1.165, 1.54) is 58.3 Å². The van der Waals surface area contributed by atoms with E-state index in [1.54, 1.807) is 0 Å². The van der Waals surface area contributed by atoms with Crippen LogP contribution in [0.1, 0.15) is 39.0 Å². The predicted octanol–water partition coefficient (Wildman–Crippen LogP) is 1.53. The van der Waals surface area contributed by atoms with Crippen LogP contribution in [0.3, 0.4) is 0 Å². The second-order valence-corrected chi connectivity index (χ2v) is 6.11. The number of piperidine rings is 2. The fraction of sp³-hybridized carbons (Fsp3) is 1.00. The summed E-state index contributed by atoms with van der Waals surface area (Å²) >= 11 is 0. The Labute approximate surface area is 106 Å². The Hall–Kier alpha value is -0.120. The van der Waals surface area contributed by atoms with Crippen molar-refractivity contribution in [3.8, 4) is 0 Å². The molecule has 2 heterocycles. The van der Waals surface area contributed by atoms with E-state index in [2.05, 4.69) is 23.8 Å². The van der Waals surface area contributed by atoms with E-state index in [0.29, 0.717) is 0 Å². The van der Waals surface area contributed by atoms with Gasteiger partial charge in [-0.25, -0.2) is 0 Å². The molecule has 2 fully saturated rings. The van der Waals surface area contributed by atoms with Gasteiger partial charge < -0.3 is 10.6 Å². The molecule has 1 unspecified atom stereocenters. The van der Waals surface area contributed by atoms with E-state index in [0.717, 1.165) is 12.5 Å². The maximum Gasteiger partial charge on any atom is 0.0458 e. The van der Waals surface area contributed by atoms with Gasteiger partial charge in [0.15, 0.2) is 0 Å². The van der Waals surface area contributed by atoms with Gasteiger partial charge in [0.05, 0.1) is 0 Å². The van der Waals surface area contributed by atoms with Gasteiger partial charge in [-0.2, -0.15) is 0 Å². The average molecular weight is 239 g/mol. The van der Waals surface area contributed by atoms with Gasteiger partial charge in [-0.1, -0.05) is 13.3 Å². The fourth-order valence-electron chi connectivity index (χ4n) is 3.71. The maximum absolute atomic E-state index is 6.13. The molecule has 2 N–H and O–H groups in total. The minimum atomic E-state index is 0.283. The second-order valence-electron chi connectivity index (χ2n) is 6.11. The minimum Gasteiger partial charge on any atom is -0.329 e. The predicted molar refractivity (Wildman–Crippen MR) is 73.1 cm³/mol. The molecule has 0 aromatic rings. The van der Waals surface area contributed by atoms with Crippen molar-refractivity contribution in [3.05, 3.63) is 0 Å². The zero-order chi connectivity index (χ0) is 12.3. The van der Waals surface area contributed by atoms with Crippen molar-refractivity contribution >= 4 is 0 Å². The molecule has 0 amide bonds. The quantitative estimate of drug-likeness (QED) is 0.811. The Morgan fingerprint density at radius 2 is 1.94 bits per heavy atom. The van der Waals surface area contributed by atoms with Crippen molar-refractivity contribution in [2.45, 2.75) is 44.6 Å². The largest absolute Gasteiger partial charge is 0.329 e. The van der Waals surface area contributed by atoms with E-state index in [1.807, 2.05) is 0 Å². The number of hydrogen-bond donors (Lipinski definition) is 1. The number of likely N-dealkylation sites (N-methyl/N-ethyl adjacent to an activating group) is 1. The van der Waals surface area contributed by atoms with E-state index >= 15 is 0 Å². The van der Waals surface area contributed by atoms with Crippen LogP contribution in [0.2, 0.25) is 0 Å². The third-order valence-electron chi connectivity index (χ3n) is 4.99. The molecule has 0 spiro atoms. The summed E-state index contributed by atoms with van der Waals surface area (Å²) in [6, 6.07) is 0. The highest BCUT2D eigenvalue weighted by Gasteiger charge is 2.39. The van der Waals surface area contributed by atoms with E-state index in [-0.39, 0.29) is 5.54 Å². The Morgan fingerprint density at radius 3 is 2.47 bits per heavy atom. The van der Waals surface area contributed by atoms with E-state index in [4.69, 9.17) is 5.73 Å². The van der Waals surface area contributed by atoms with Crippen LogP contribution in [0.25, 0.3) is 0 Å². The first-order valence-electron chi connectivity index (χ1n) is 7.34. The minimum absolute atomic E-state index is 0.283. The highest BCUT2D eigenvalue weighted by Crippen LogP contribution is 2.31. The smallest absolute Gasteiger partial charge is 0.0458 e. The molecule has 2 rings (SSSR count). The normalized spacial score (nSPS) is 34.1. The van der Waals surface area contributed by atoms with Crippen molar-refractivity contribution in [3.63, 3.8) is 0 Å². The van der Waals surface area contributed by atoms with Crippen LogP contribution in [-0.2, 0) is 0 Å². The SMILES string of the molecule is CCC1CCN(C2(CN)CCCN(C)C2)CC1. The van der Waals surface area contributed by atoms with Crippen molar-refractivity contribution < 1.29 is 0 Å². The van der Waals surface area contributed by atoms with Crippen LogP contribution < -0.4 is 5.73 Å². The number of hydrogen-bond acceptors (Lipinski definition) is 3. The Balaban J connectivity index is 1.98. The van der Waals surface area contributed by atoms with Crippen molar-refractivity contribution in [1.29, 1.82) is 0 Å². The van der Waals surface area contributed by atoms with Gasteiger partial charge >= 0.3 is 0 Å². The monoisotopic (exact) mass is 239 g/mol. The zero-order valence-electron chi connectivity index (χ0n) is 11.6. The lowest BCUT2D eigenvalue weighted by Gasteiger charge is -2.50. The zero-order valence-corrected chi connectivity index (χ0v) is 11.6. The van der Waals surface area contributed by atoms with Crippen molar-refractivity contribution in [1.82, 2.24) is 9.80 Å². The lowest BCUT2D eigenvalue weighted by molar-refractivity contribution is 0.00276. The summed E-state index contributed by atoms with van der Waals surface area (Å²) in [5.74, 6) is 0.961. The molecular weight excluding hydrogens is 210 g/mol.